The van der Waals surface area contributed by atoms with Crippen LogP contribution in [0.2, 0.25) is 0 Å². The predicted octanol–water partition coefficient (Wildman–Crippen LogP) is 1.57. The first-order valence-electron chi connectivity index (χ1n) is 6.46. The molecule has 18 heavy (non-hydrogen) atoms. The highest BCUT2D eigenvalue weighted by Crippen LogP contribution is 2.17. The minimum Gasteiger partial charge on any atom is -0.496 e. The second-order valence-electron chi connectivity index (χ2n) is 4.55. The first-order chi connectivity index (χ1) is 8.81. The zero-order valence-corrected chi connectivity index (χ0v) is 10.7. The van der Waals surface area contributed by atoms with Crippen molar-refractivity contribution in [3.05, 3.63) is 29.8 Å². The van der Waals surface area contributed by atoms with Crippen LogP contribution in [-0.2, 0) is 0 Å². The molecule has 1 saturated heterocycles. The van der Waals surface area contributed by atoms with Gasteiger partial charge >= 0.3 is 0 Å². The fraction of sp³-hybridized carbons (Fsp3) is 0.500. The Labute approximate surface area is 108 Å². The number of hydrogen-bond donors (Lipinski definition) is 2. The van der Waals surface area contributed by atoms with Crippen molar-refractivity contribution in [2.24, 2.45) is 0 Å². The highest BCUT2D eigenvalue weighted by Gasteiger charge is 2.17. The highest BCUT2D eigenvalue weighted by atomic mass is 16.5. The van der Waals surface area contributed by atoms with Gasteiger partial charge in [-0.15, -0.1) is 0 Å². The summed E-state index contributed by atoms with van der Waals surface area (Å²) in [5.74, 6) is 0.584. The van der Waals surface area contributed by atoms with Crippen LogP contribution in [0.1, 0.15) is 29.6 Å². The van der Waals surface area contributed by atoms with E-state index in [-0.39, 0.29) is 11.9 Å². The third kappa shape index (κ3) is 3.23. The van der Waals surface area contributed by atoms with Crippen LogP contribution in [0.25, 0.3) is 0 Å². The Morgan fingerprint density at radius 1 is 1.33 bits per heavy atom. The van der Waals surface area contributed by atoms with Crippen molar-refractivity contribution < 1.29 is 9.53 Å². The van der Waals surface area contributed by atoms with E-state index in [1.165, 1.54) is 0 Å². The summed E-state index contributed by atoms with van der Waals surface area (Å²) in [7, 11) is 1.59. The average molecular weight is 248 g/mol. The summed E-state index contributed by atoms with van der Waals surface area (Å²) in [4.78, 5) is 12.2. The quantitative estimate of drug-likeness (QED) is 0.853. The summed E-state index contributed by atoms with van der Waals surface area (Å²) in [5.41, 5.74) is 0.609. The van der Waals surface area contributed by atoms with Gasteiger partial charge in [-0.25, -0.2) is 0 Å². The number of para-hydroxylation sites is 1. The van der Waals surface area contributed by atoms with Gasteiger partial charge in [0.2, 0.25) is 0 Å². The van der Waals surface area contributed by atoms with Crippen LogP contribution >= 0.6 is 0 Å². The molecular weight excluding hydrogens is 228 g/mol. The van der Waals surface area contributed by atoms with Crippen LogP contribution in [0.15, 0.2) is 24.3 Å². The van der Waals surface area contributed by atoms with Crippen molar-refractivity contribution in [3.8, 4) is 5.75 Å². The van der Waals surface area contributed by atoms with Crippen molar-refractivity contribution in [1.82, 2.24) is 10.6 Å². The Morgan fingerprint density at radius 2 is 2.17 bits per heavy atom. The molecular formula is C14H20N2O2. The van der Waals surface area contributed by atoms with Crippen molar-refractivity contribution in [2.75, 3.05) is 20.2 Å². The molecule has 1 aliphatic heterocycles. The monoisotopic (exact) mass is 248 g/mol. The average Bonchev–Trinajstić information content (AvgIpc) is 2.67. The Kier molecular flexibility index (Phi) is 4.59. The largest absolute Gasteiger partial charge is 0.496 e. The Bertz CT molecular complexity index is 399. The second kappa shape index (κ2) is 6.40. The number of rotatable bonds is 3. The molecule has 1 unspecified atom stereocenters. The number of nitrogens with one attached hydrogen (secondary N) is 2. The van der Waals surface area contributed by atoms with E-state index in [0.29, 0.717) is 11.3 Å². The number of carbonyl (C=O) groups is 1. The van der Waals surface area contributed by atoms with Crippen molar-refractivity contribution >= 4 is 5.91 Å². The van der Waals surface area contributed by atoms with Gasteiger partial charge in [0, 0.05) is 6.04 Å². The third-order valence-corrected chi connectivity index (χ3v) is 3.26. The summed E-state index contributed by atoms with van der Waals surface area (Å²) < 4.78 is 5.21. The molecule has 2 N–H and O–H groups in total. The highest BCUT2D eigenvalue weighted by molar-refractivity contribution is 5.97. The fourth-order valence-corrected chi connectivity index (χ4v) is 2.26. The summed E-state index contributed by atoms with van der Waals surface area (Å²) in [6.07, 6.45) is 3.13. The lowest BCUT2D eigenvalue weighted by atomic mass is 10.1. The summed E-state index contributed by atoms with van der Waals surface area (Å²) in [6.45, 7) is 2.01. The van der Waals surface area contributed by atoms with Gasteiger partial charge in [0.15, 0.2) is 0 Å². The fourth-order valence-electron chi connectivity index (χ4n) is 2.26. The van der Waals surface area contributed by atoms with E-state index in [2.05, 4.69) is 10.6 Å². The van der Waals surface area contributed by atoms with Gasteiger partial charge in [-0.05, 0) is 44.5 Å². The maximum Gasteiger partial charge on any atom is 0.255 e. The number of amides is 1. The van der Waals surface area contributed by atoms with Crippen LogP contribution in [0.5, 0.6) is 5.75 Å². The number of benzene rings is 1. The molecule has 1 aliphatic rings. The molecule has 4 nitrogen and oxygen atoms in total. The second-order valence-corrected chi connectivity index (χ2v) is 4.55. The molecule has 0 aliphatic carbocycles. The first-order valence-corrected chi connectivity index (χ1v) is 6.46. The molecule has 1 aromatic carbocycles. The molecule has 2 rings (SSSR count). The van der Waals surface area contributed by atoms with Crippen molar-refractivity contribution in [3.63, 3.8) is 0 Å². The van der Waals surface area contributed by atoms with Gasteiger partial charge < -0.3 is 15.4 Å². The SMILES string of the molecule is COc1ccccc1C(=O)NC1CCCNCC1. The maximum absolute atomic E-state index is 12.2. The van der Waals surface area contributed by atoms with Crippen LogP contribution in [-0.4, -0.2) is 32.1 Å². The van der Waals surface area contributed by atoms with E-state index in [4.69, 9.17) is 4.74 Å². The lowest BCUT2D eigenvalue weighted by Gasteiger charge is -2.17. The molecule has 1 amide bonds. The molecule has 0 radical (unpaired) electrons. The molecule has 1 aromatic rings. The van der Waals surface area contributed by atoms with Crippen molar-refractivity contribution in [2.45, 2.75) is 25.3 Å². The molecule has 0 spiro atoms. The lowest BCUT2D eigenvalue weighted by molar-refractivity contribution is 0.0931. The van der Waals surface area contributed by atoms with Gasteiger partial charge in [0.25, 0.3) is 5.91 Å². The molecule has 0 aromatic heterocycles. The minimum absolute atomic E-state index is 0.0423. The van der Waals surface area contributed by atoms with Crippen LogP contribution < -0.4 is 15.4 Å². The van der Waals surface area contributed by atoms with Crippen molar-refractivity contribution in [1.29, 1.82) is 0 Å². The van der Waals surface area contributed by atoms with E-state index in [9.17, 15) is 4.79 Å². The summed E-state index contributed by atoms with van der Waals surface area (Å²) in [5, 5.41) is 6.43. The minimum atomic E-state index is -0.0423. The zero-order chi connectivity index (χ0) is 12.8. The summed E-state index contributed by atoms with van der Waals surface area (Å²) >= 11 is 0. The van der Waals surface area contributed by atoms with Gasteiger partial charge in [0.1, 0.15) is 5.75 Å². The standard InChI is InChI=1S/C14H20N2O2/c1-18-13-7-3-2-6-12(13)14(17)16-11-5-4-9-15-10-8-11/h2-3,6-7,11,15H,4-5,8-10H2,1H3,(H,16,17). The smallest absolute Gasteiger partial charge is 0.255 e. The van der Waals surface area contributed by atoms with Crippen LogP contribution in [0.4, 0.5) is 0 Å². The van der Waals surface area contributed by atoms with Crippen LogP contribution in [0.3, 0.4) is 0 Å². The zero-order valence-electron chi connectivity index (χ0n) is 10.7. The Balaban J connectivity index is 2.02. The number of ether oxygens (including phenoxy) is 1. The van der Waals surface area contributed by atoms with Gasteiger partial charge in [-0.1, -0.05) is 12.1 Å². The third-order valence-electron chi connectivity index (χ3n) is 3.26. The molecule has 1 atom stereocenters. The molecule has 4 heteroatoms. The Morgan fingerprint density at radius 3 is 3.00 bits per heavy atom. The molecule has 0 bridgehead atoms. The topological polar surface area (TPSA) is 50.4 Å². The van der Waals surface area contributed by atoms with Gasteiger partial charge in [0.05, 0.1) is 12.7 Å². The van der Waals surface area contributed by atoms with E-state index in [1.807, 2.05) is 18.2 Å². The first kappa shape index (κ1) is 12.9. The number of hydrogen-bond acceptors (Lipinski definition) is 3. The Hall–Kier alpha value is -1.55. The van der Waals surface area contributed by atoms with Gasteiger partial charge in [-0.2, -0.15) is 0 Å². The molecule has 1 fully saturated rings. The molecule has 98 valence electrons. The van der Waals surface area contributed by atoms with E-state index in [0.717, 1.165) is 32.4 Å². The lowest BCUT2D eigenvalue weighted by Crippen LogP contribution is -2.35. The number of methoxy groups -OCH3 is 1. The summed E-state index contributed by atoms with van der Waals surface area (Å²) in [6, 6.07) is 7.58. The van der Waals surface area contributed by atoms with Crippen LogP contribution in [0, 0.1) is 0 Å². The predicted molar refractivity (Wildman–Crippen MR) is 71.0 cm³/mol. The van der Waals surface area contributed by atoms with E-state index in [1.54, 1.807) is 13.2 Å². The van der Waals surface area contributed by atoms with E-state index < -0.39 is 0 Å². The van der Waals surface area contributed by atoms with E-state index >= 15 is 0 Å². The molecule has 1 heterocycles. The maximum atomic E-state index is 12.2. The number of carbonyl (C=O) groups excluding carboxylic acids is 1. The van der Waals surface area contributed by atoms with Gasteiger partial charge in [-0.3, -0.25) is 4.79 Å². The molecule has 0 saturated carbocycles. The normalized spacial score (nSPS) is 19.9.